The fourth-order valence-corrected chi connectivity index (χ4v) is 4.50. The standard InChI is InChI=1S/C11H19N3O2S/c1-14-8-9(7-13-14)6-10(12)11-4-2-3-5-17(11,15)16/h7-8,10-11H,2-6,12H2,1H3. The van der Waals surface area contributed by atoms with E-state index in [0.29, 0.717) is 18.6 Å². The highest BCUT2D eigenvalue weighted by atomic mass is 32.2. The SMILES string of the molecule is Cn1cc(CC(N)C2CCCCS2(=O)=O)cn1. The van der Waals surface area contributed by atoms with Crippen molar-refractivity contribution in [2.24, 2.45) is 12.8 Å². The van der Waals surface area contributed by atoms with Crippen LogP contribution in [0.1, 0.15) is 24.8 Å². The minimum Gasteiger partial charge on any atom is -0.326 e. The molecule has 17 heavy (non-hydrogen) atoms. The summed E-state index contributed by atoms with van der Waals surface area (Å²) in [5.41, 5.74) is 7.05. The van der Waals surface area contributed by atoms with Crippen molar-refractivity contribution in [1.82, 2.24) is 9.78 Å². The van der Waals surface area contributed by atoms with Crippen LogP contribution in [0.4, 0.5) is 0 Å². The normalized spacial score (nSPS) is 25.6. The Bertz CT molecular complexity index is 481. The summed E-state index contributed by atoms with van der Waals surface area (Å²) in [5, 5.41) is 3.68. The van der Waals surface area contributed by atoms with Gasteiger partial charge in [-0.15, -0.1) is 0 Å². The monoisotopic (exact) mass is 257 g/mol. The van der Waals surface area contributed by atoms with E-state index in [9.17, 15) is 8.42 Å². The van der Waals surface area contributed by atoms with Crippen LogP contribution in [0.3, 0.4) is 0 Å². The van der Waals surface area contributed by atoms with Crippen molar-refractivity contribution < 1.29 is 8.42 Å². The zero-order valence-electron chi connectivity index (χ0n) is 10.0. The number of sulfone groups is 1. The van der Waals surface area contributed by atoms with Crippen LogP contribution >= 0.6 is 0 Å². The summed E-state index contributed by atoms with van der Waals surface area (Å²) in [4.78, 5) is 0. The van der Waals surface area contributed by atoms with Crippen molar-refractivity contribution >= 4 is 9.84 Å². The molecule has 1 aromatic rings. The molecule has 2 heterocycles. The molecule has 1 aliphatic rings. The number of aromatic nitrogens is 2. The van der Waals surface area contributed by atoms with Gasteiger partial charge in [-0.05, 0) is 24.8 Å². The van der Waals surface area contributed by atoms with Crippen molar-refractivity contribution in [1.29, 1.82) is 0 Å². The van der Waals surface area contributed by atoms with Gasteiger partial charge < -0.3 is 5.73 Å². The largest absolute Gasteiger partial charge is 0.326 e. The lowest BCUT2D eigenvalue weighted by Gasteiger charge is -2.27. The number of nitrogens with two attached hydrogens (primary N) is 1. The Morgan fingerprint density at radius 1 is 1.59 bits per heavy atom. The fraction of sp³-hybridized carbons (Fsp3) is 0.727. The summed E-state index contributed by atoms with van der Waals surface area (Å²) < 4.78 is 25.5. The molecule has 1 saturated heterocycles. The van der Waals surface area contributed by atoms with Crippen molar-refractivity contribution in [2.75, 3.05) is 5.75 Å². The first-order chi connectivity index (χ1) is 7.99. The molecule has 1 fully saturated rings. The molecule has 0 aliphatic carbocycles. The lowest BCUT2D eigenvalue weighted by atomic mass is 10.0. The molecule has 96 valence electrons. The van der Waals surface area contributed by atoms with Crippen LogP contribution in [0.15, 0.2) is 12.4 Å². The second-order valence-electron chi connectivity index (χ2n) is 4.79. The van der Waals surface area contributed by atoms with E-state index in [2.05, 4.69) is 5.10 Å². The van der Waals surface area contributed by atoms with E-state index in [4.69, 9.17) is 5.73 Å². The highest BCUT2D eigenvalue weighted by Crippen LogP contribution is 2.23. The summed E-state index contributed by atoms with van der Waals surface area (Å²) >= 11 is 0. The molecule has 0 spiro atoms. The van der Waals surface area contributed by atoms with Crippen LogP contribution in [0.2, 0.25) is 0 Å². The van der Waals surface area contributed by atoms with Gasteiger partial charge in [0, 0.05) is 19.3 Å². The lowest BCUT2D eigenvalue weighted by molar-refractivity contribution is 0.495. The third-order valence-electron chi connectivity index (χ3n) is 3.34. The van der Waals surface area contributed by atoms with Gasteiger partial charge in [-0.3, -0.25) is 4.68 Å². The number of hydrogen-bond acceptors (Lipinski definition) is 4. The van der Waals surface area contributed by atoms with Gasteiger partial charge in [0.2, 0.25) is 0 Å². The Hall–Kier alpha value is -0.880. The minimum absolute atomic E-state index is 0.290. The van der Waals surface area contributed by atoms with E-state index in [-0.39, 0.29) is 11.3 Å². The Morgan fingerprint density at radius 2 is 2.35 bits per heavy atom. The van der Waals surface area contributed by atoms with Crippen LogP contribution in [-0.2, 0) is 23.3 Å². The molecule has 1 aliphatic heterocycles. The van der Waals surface area contributed by atoms with Gasteiger partial charge in [-0.25, -0.2) is 8.42 Å². The van der Waals surface area contributed by atoms with Crippen molar-refractivity contribution in [2.45, 2.75) is 37.0 Å². The summed E-state index contributed by atoms with van der Waals surface area (Å²) in [7, 11) is -1.15. The molecule has 1 aromatic heterocycles. The maximum absolute atomic E-state index is 11.9. The van der Waals surface area contributed by atoms with E-state index >= 15 is 0 Å². The van der Waals surface area contributed by atoms with Crippen molar-refractivity contribution in [3.63, 3.8) is 0 Å². The first-order valence-electron chi connectivity index (χ1n) is 5.94. The average Bonchev–Trinajstić information content (AvgIpc) is 2.63. The molecule has 0 saturated carbocycles. The summed E-state index contributed by atoms with van der Waals surface area (Å²) in [6.07, 6.45) is 6.65. The maximum atomic E-state index is 11.9. The topological polar surface area (TPSA) is 78.0 Å². The molecule has 0 aromatic carbocycles. The van der Waals surface area contributed by atoms with Gasteiger partial charge in [0.05, 0.1) is 17.2 Å². The zero-order chi connectivity index (χ0) is 12.5. The second-order valence-corrected chi connectivity index (χ2v) is 7.13. The summed E-state index contributed by atoms with van der Waals surface area (Å²) in [6, 6.07) is -0.315. The quantitative estimate of drug-likeness (QED) is 0.842. The zero-order valence-corrected chi connectivity index (χ0v) is 10.9. The first kappa shape index (κ1) is 12.6. The molecule has 0 radical (unpaired) electrons. The number of aryl methyl sites for hydroxylation is 1. The lowest BCUT2D eigenvalue weighted by Crippen LogP contribution is -2.44. The van der Waals surface area contributed by atoms with E-state index in [0.717, 1.165) is 18.4 Å². The predicted octanol–water partition coefficient (Wildman–Crippen LogP) is 0.257. The Morgan fingerprint density at radius 3 is 2.94 bits per heavy atom. The van der Waals surface area contributed by atoms with Gasteiger partial charge >= 0.3 is 0 Å². The molecule has 2 unspecified atom stereocenters. The van der Waals surface area contributed by atoms with Crippen LogP contribution in [-0.4, -0.2) is 35.2 Å². The summed E-state index contributed by atoms with van der Waals surface area (Å²) in [6.45, 7) is 0. The first-order valence-corrected chi connectivity index (χ1v) is 7.65. The number of nitrogens with zero attached hydrogens (tertiary/aromatic N) is 2. The average molecular weight is 257 g/mol. The third-order valence-corrected chi connectivity index (χ3v) is 5.70. The van der Waals surface area contributed by atoms with E-state index < -0.39 is 9.84 Å². The molecular formula is C11H19N3O2S. The highest BCUT2D eigenvalue weighted by molar-refractivity contribution is 7.92. The molecule has 2 rings (SSSR count). The van der Waals surface area contributed by atoms with Gasteiger partial charge in [0.15, 0.2) is 9.84 Å². The van der Waals surface area contributed by atoms with Crippen LogP contribution < -0.4 is 5.73 Å². The Balaban J connectivity index is 2.06. The van der Waals surface area contributed by atoms with E-state index in [1.807, 2.05) is 13.2 Å². The second kappa shape index (κ2) is 4.78. The molecule has 6 heteroatoms. The predicted molar refractivity (Wildman–Crippen MR) is 66.3 cm³/mol. The minimum atomic E-state index is -2.99. The molecule has 0 amide bonds. The third kappa shape index (κ3) is 2.87. The number of hydrogen-bond donors (Lipinski definition) is 1. The summed E-state index contributed by atoms with van der Waals surface area (Å²) in [5.74, 6) is 0.290. The Kier molecular flexibility index (Phi) is 3.53. The van der Waals surface area contributed by atoms with E-state index in [1.54, 1.807) is 10.9 Å². The smallest absolute Gasteiger partial charge is 0.154 e. The van der Waals surface area contributed by atoms with Gasteiger partial charge in [0.25, 0.3) is 0 Å². The van der Waals surface area contributed by atoms with E-state index in [1.165, 1.54) is 0 Å². The fourth-order valence-electron chi connectivity index (χ4n) is 2.44. The molecule has 0 bridgehead atoms. The molecule has 5 nitrogen and oxygen atoms in total. The molecule has 2 N–H and O–H groups in total. The molecular weight excluding hydrogens is 238 g/mol. The van der Waals surface area contributed by atoms with Crippen LogP contribution in [0.25, 0.3) is 0 Å². The van der Waals surface area contributed by atoms with Gasteiger partial charge in [-0.1, -0.05) is 6.42 Å². The maximum Gasteiger partial charge on any atom is 0.154 e. The molecule has 2 atom stereocenters. The van der Waals surface area contributed by atoms with Crippen LogP contribution in [0, 0.1) is 0 Å². The van der Waals surface area contributed by atoms with Gasteiger partial charge in [-0.2, -0.15) is 5.10 Å². The number of rotatable bonds is 3. The Labute approximate surface area is 102 Å². The van der Waals surface area contributed by atoms with Gasteiger partial charge in [0.1, 0.15) is 0 Å². The van der Waals surface area contributed by atoms with Crippen molar-refractivity contribution in [3.05, 3.63) is 18.0 Å². The van der Waals surface area contributed by atoms with Crippen LogP contribution in [0.5, 0.6) is 0 Å². The highest BCUT2D eigenvalue weighted by Gasteiger charge is 2.33. The van der Waals surface area contributed by atoms with Crippen molar-refractivity contribution in [3.8, 4) is 0 Å².